The van der Waals surface area contributed by atoms with E-state index in [1.54, 1.807) is 24.3 Å². The summed E-state index contributed by atoms with van der Waals surface area (Å²) < 4.78 is 46.3. The Bertz CT molecular complexity index is 926. The molecule has 0 bridgehead atoms. The van der Waals surface area contributed by atoms with Crippen LogP contribution in [0.15, 0.2) is 42.5 Å². The molecule has 3 rings (SSSR count). The first-order valence-electron chi connectivity index (χ1n) is 9.10. The van der Waals surface area contributed by atoms with Crippen LogP contribution in [0.3, 0.4) is 0 Å². The molecule has 1 fully saturated rings. The van der Waals surface area contributed by atoms with Crippen LogP contribution < -0.4 is 10.1 Å². The van der Waals surface area contributed by atoms with Crippen LogP contribution in [0.2, 0.25) is 0 Å². The molecular formula is C21H20F3NO4. The van der Waals surface area contributed by atoms with Gasteiger partial charge in [0.05, 0.1) is 30.2 Å². The van der Waals surface area contributed by atoms with E-state index in [1.807, 2.05) is 0 Å². The van der Waals surface area contributed by atoms with Gasteiger partial charge < -0.3 is 15.2 Å². The largest absolute Gasteiger partial charge is 0.496 e. The maximum Gasteiger partial charge on any atom is 0.418 e. The van der Waals surface area contributed by atoms with Gasteiger partial charge in [-0.2, -0.15) is 13.2 Å². The van der Waals surface area contributed by atoms with Crippen molar-refractivity contribution in [1.29, 1.82) is 0 Å². The first-order chi connectivity index (χ1) is 13.7. The molecule has 5 nitrogen and oxygen atoms in total. The number of para-hydroxylation sites is 1. The number of hydrogen-bond donors (Lipinski definition) is 2. The third-order valence-electron chi connectivity index (χ3n) is 5.17. The lowest BCUT2D eigenvalue weighted by molar-refractivity contribution is -0.145. The van der Waals surface area contributed by atoms with E-state index in [1.165, 1.54) is 19.2 Å². The van der Waals surface area contributed by atoms with Gasteiger partial charge in [0, 0.05) is 5.56 Å². The topological polar surface area (TPSA) is 75.6 Å². The molecule has 1 amide bonds. The summed E-state index contributed by atoms with van der Waals surface area (Å²) in [6.45, 7) is 0. The Kier molecular flexibility index (Phi) is 5.81. The summed E-state index contributed by atoms with van der Waals surface area (Å²) in [5.74, 6) is -3.11. The molecule has 1 aliphatic rings. The van der Waals surface area contributed by atoms with Crippen molar-refractivity contribution in [3.8, 4) is 16.9 Å². The highest BCUT2D eigenvalue weighted by atomic mass is 19.4. The maximum absolute atomic E-state index is 13.7. The average Bonchev–Trinajstić information content (AvgIpc) is 3.18. The molecule has 2 aromatic rings. The van der Waals surface area contributed by atoms with Gasteiger partial charge in [0.25, 0.3) is 0 Å². The molecule has 29 heavy (non-hydrogen) atoms. The Morgan fingerprint density at radius 3 is 2.45 bits per heavy atom. The number of amides is 1. The number of carboxylic acids is 1. The van der Waals surface area contributed by atoms with E-state index in [9.17, 15) is 27.9 Å². The number of hydrogen-bond acceptors (Lipinski definition) is 3. The molecule has 0 aromatic heterocycles. The Morgan fingerprint density at radius 2 is 1.79 bits per heavy atom. The van der Waals surface area contributed by atoms with Gasteiger partial charge in [0.15, 0.2) is 0 Å². The minimum Gasteiger partial charge on any atom is -0.496 e. The molecule has 0 radical (unpaired) electrons. The molecule has 0 heterocycles. The minimum absolute atomic E-state index is 0.289. The number of alkyl halides is 3. The molecule has 0 aliphatic heterocycles. The van der Waals surface area contributed by atoms with Gasteiger partial charge in [-0.05, 0) is 36.6 Å². The zero-order valence-electron chi connectivity index (χ0n) is 15.6. The van der Waals surface area contributed by atoms with Crippen LogP contribution in [0.4, 0.5) is 18.9 Å². The fraction of sp³-hybridized carbons (Fsp3) is 0.333. The van der Waals surface area contributed by atoms with Crippen molar-refractivity contribution in [3.05, 3.63) is 48.0 Å². The second kappa shape index (κ2) is 8.14. The van der Waals surface area contributed by atoms with Gasteiger partial charge in [0.2, 0.25) is 5.91 Å². The zero-order valence-corrected chi connectivity index (χ0v) is 15.6. The highest BCUT2D eigenvalue weighted by molar-refractivity contribution is 5.96. The molecule has 154 valence electrons. The van der Waals surface area contributed by atoms with Gasteiger partial charge in [-0.25, -0.2) is 0 Å². The molecule has 8 heteroatoms. The third-order valence-corrected chi connectivity index (χ3v) is 5.17. The zero-order chi connectivity index (χ0) is 21.2. The Hall–Kier alpha value is -3.03. The molecular weight excluding hydrogens is 387 g/mol. The van der Waals surface area contributed by atoms with Crippen molar-refractivity contribution in [3.63, 3.8) is 0 Å². The SMILES string of the molecule is COc1ccccc1-c1ccc(NC(=O)C2CCCC2C(=O)O)c(C(F)(F)F)c1. The Labute approximate surface area is 165 Å². The molecule has 2 aromatic carbocycles. The summed E-state index contributed by atoms with van der Waals surface area (Å²) >= 11 is 0. The Morgan fingerprint density at radius 1 is 1.10 bits per heavy atom. The van der Waals surface area contributed by atoms with Crippen LogP contribution >= 0.6 is 0 Å². The van der Waals surface area contributed by atoms with E-state index in [2.05, 4.69) is 5.32 Å². The monoisotopic (exact) mass is 407 g/mol. The van der Waals surface area contributed by atoms with Crippen molar-refractivity contribution in [2.75, 3.05) is 12.4 Å². The number of anilines is 1. The van der Waals surface area contributed by atoms with E-state index >= 15 is 0 Å². The van der Waals surface area contributed by atoms with Crippen LogP contribution in [-0.4, -0.2) is 24.1 Å². The smallest absolute Gasteiger partial charge is 0.418 e. The van der Waals surface area contributed by atoms with Gasteiger partial charge in [-0.3, -0.25) is 9.59 Å². The first kappa shape index (κ1) is 20.7. The normalized spacial score (nSPS) is 19.0. The van der Waals surface area contributed by atoms with Crippen LogP contribution in [0.1, 0.15) is 24.8 Å². The number of carbonyl (C=O) groups is 2. The lowest BCUT2D eigenvalue weighted by Gasteiger charge is -2.19. The fourth-order valence-corrected chi connectivity index (χ4v) is 3.73. The van der Waals surface area contributed by atoms with E-state index in [0.29, 0.717) is 30.6 Å². The summed E-state index contributed by atoms with van der Waals surface area (Å²) in [7, 11) is 1.43. The number of methoxy groups -OCH3 is 1. The minimum atomic E-state index is -4.71. The van der Waals surface area contributed by atoms with Crippen LogP contribution in [0.25, 0.3) is 11.1 Å². The number of nitrogens with one attached hydrogen (secondary N) is 1. The summed E-state index contributed by atoms with van der Waals surface area (Å²) in [6, 6.07) is 10.3. The fourth-order valence-electron chi connectivity index (χ4n) is 3.73. The number of halogens is 3. The second-order valence-corrected chi connectivity index (χ2v) is 6.93. The molecule has 2 N–H and O–H groups in total. The maximum atomic E-state index is 13.7. The van der Waals surface area contributed by atoms with Crippen molar-refractivity contribution in [2.45, 2.75) is 25.4 Å². The number of aliphatic carboxylic acids is 1. The average molecular weight is 407 g/mol. The predicted molar refractivity (Wildman–Crippen MR) is 101 cm³/mol. The molecule has 0 spiro atoms. The number of benzene rings is 2. The highest BCUT2D eigenvalue weighted by Crippen LogP contribution is 2.40. The standard InChI is InChI=1S/C21H20F3NO4/c1-29-18-8-3-2-5-13(18)12-9-10-17(16(11-12)21(22,23)24)25-19(26)14-6-4-7-15(14)20(27)28/h2-3,5,8-11,14-15H,4,6-7H2,1H3,(H,25,26)(H,27,28). The van der Waals surface area contributed by atoms with Gasteiger partial charge >= 0.3 is 12.1 Å². The first-order valence-corrected chi connectivity index (χ1v) is 9.10. The number of carbonyl (C=O) groups excluding carboxylic acids is 1. The van der Waals surface area contributed by atoms with E-state index in [-0.39, 0.29) is 5.56 Å². The van der Waals surface area contributed by atoms with Crippen molar-refractivity contribution in [1.82, 2.24) is 0 Å². The molecule has 0 saturated heterocycles. The van der Waals surface area contributed by atoms with Crippen molar-refractivity contribution >= 4 is 17.6 Å². The summed E-state index contributed by atoms with van der Waals surface area (Å²) in [6.07, 6.45) is -3.48. The molecule has 2 atom stereocenters. The van der Waals surface area contributed by atoms with Gasteiger partial charge in [-0.15, -0.1) is 0 Å². The number of carboxylic acid groups (broad SMARTS) is 1. The third kappa shape index (κ3) is 4.36. The predicted octanol–water partition coefficient (Wildman–Crippen LogP) is 4.82. The molecule has 1 saturated carbocycles. The molecule has 1 aliphatic carbocycles. The van der Waals surface area contributed by atoms with Crippen LogP contribution in [-0.2, 0) is 15.8 Å². The van der Waals surface area contributed by atoms with Crippen LogP contribution in [0, 0.1) is 11.8 Å². The number of rotatable bonds is 5. The number of ether oxygens (including phenoxy) is 1. The quantitative estimate of drug-likeness (QED) is 0.745. The van der Waals surface area contributed by atoms with Crippen LogP contribution in [0.5, 0.6) is 5.75 Å². The second-order valence-electron chi connectivity index (χ2n) is 6.93. The van der Waals surface area contributed by atoms with Crippen molar-refractivity contribution < 1.29 is 32.6 Å². The van der Waals surface area contributed by atoms with E-state index in [4.69, 9.17) is 4.74 Å². The summed E-state index contributed by atoms with van der Waals surface area (Å²) in [5, 5.41) is 11.5. The van der Waals surface area contributed by atoms with E-state index < -0.39 is 41.1 Å². The highest BCUT2D eigenvalue weighted by Gasteiger charge is 2.39. The van der Waals surface area contributed by atoms with Gasteiger partial charge in [0.1, 0.15) is 5.75 Å². The van der Waals surface area contributed by atoms with Gasteiger partial charge in [-0.1, -0.05) is 30.7 Å². The summed E-state index contributed by atoms with van der Waals surface area (Å²) in [5.41, 5.74) is -0.617. The Balaban J connectivity index is 1.95. The molecule has 2 unspecified atom stereocenters. The summed E-state index contributed by atoms with van der Waals surface area (Å²) in [4.78, 5) is 23.8. The van der Waals surface area contributed by atoms with Crippen molar-refractivity contribution in [2.24, 2.45) is 11.8 Å². The lowest BCUT2D eigenvalue weighted by atomic mass is 9.95. The van der Waals surface area contributed by atoms with E-state index in [0.717, 1.165) is 6.07 Å². The lowest BCUT2D eigenvalue weighted by Crippen LogP contribution is -2.30.